The number of rotatable bonds is 7. The zero-order chi connectivity index (χ0) is 26.6. The van der Waals surface area contributed by atoms with E-state index in [0.717, 1.165) is 84.4 Å². The summed E-state index contributed by atoms with van der Waals surface area (Å²) in [6, 6.07) is 6.51. The molecule has 3 fully saturated rings. The highest BCUT2D eigenvalue weighted by atomic mass is 16.6. The zero-order valence-electron chi connectivity index (χ0n) is 22.7. The normalized spacial score (nSPS) is 26.7. The molecule has 2 amide bonds. The highest BCUT2D eigenvalue weighted by Crippen LogP contribution is 2.63. The summed E-state index contributed by atoms with van der Waals surface area (Å²) in [7, 11) is 1.78. The van der Waals surface area contributed by atoms with Gasteiger partial charge in [0.2, 0.25) is 5.91 Å². The summed E-state index contributed by atoms with van der Waals surface area (Å²) in [5, 5.41) is 4.12. The summed E-state index contributed by atoms with van der Waals surface area (Å²) in [6.45, 7) is 6.22. The first-order valence-corrected chi connectivity index (χ1v) is 13.9. The van der Waals surface area contributed by atoms with E-state index < -0.39 is 11.6 Å². The summed E-state index contributed by atoms with van der Waals surface area (Å²) in [5.41, 5.74) is 3.95. The van der Waals surface area contributed by atoms with E-state index >= 15 is 0 Å². The Hall–Kier alpha value is -3.20. The van der Waals surface area contributed by atoms with Gasteiger partial charge in [-0.1, -0.05) is 24.6 Å². The fraction of sp³-hybridized carbons (Fsp3) is 0.586. The van der Waals surface area contributed by atoms with E-state index in [1.165, 1.54) is 4.90 Å². The lowest BCUT2D eigenvalue weighted by molar-refractivity contribution is -0.129. The lowest BCUT2D eigenvalue weighted by atomic mass is 9.92. The lowest BCUT2D eigenvalue weighted by Gasteiger charge is -2.33. The first-order valence-electron chi connectivity index (χ1n) is 13.9. The number of aromatic nitrogens is 3. The third-order valence-electron chi connectivity index (χ3n) is 8.79. The Morgan fingerprint density at radius 1 is 1.21 bits per heavy atom. The number of unbranched alkanes of at least 4 members (excludes halogenated alkanes) is 1. The van der Waals surface area contributed by atoms with Gasteiger partial charge in [-0.2, -0.15) is 0 Å². The smallest absolute Gasteiger partial charge is 0.417 e. The monoisotopic (exact) mass is 520 g/mol. The van der Waals surface area contributed by atoms with Crippen LogP contribution in [0.15, 0.2) is 22.7 Å². The van der Waals surface area contributed by atoms with Crippen LogP contribution in [0.25, 0.3) is 22.2 Å². The van der Waals surface area contributed by atoms with Crippen molar-refractivity contribution in [3.63, 3.8) is 0 Å². The fourth-order valence-electron chi connectivity index (χ4n) is 6.73. The Labute approximate surface area is 222 Å². The number of carbonyl (C=O) groups is 2. The van der Waals surface area contributed by atoms with Crippen molar-refractivity contribution in [2.75, 3.05) is 13.7 Å². The topological polar surface area (TPSA) is 99.7 Å². The van der Waals surface area contributed by atoms with E-state index in [0.29, 0.717) is 13.0 Å². The Bertz CT molecular complexity index is 1370. The number of ether oxygens (including phenoxy) is 2. The molecule has 0 radical (unpaired) electrons. The number of nitrogens with zero attached hydrogens (tertiary/aromatic N) is 4. The molecule has 1 aliphatic heterocycles. The van der Waals surface area contributed by atoms with Crippen LogP contribution in [-0.4, -0.2) is 51.4 Å². The number of fused-ring (bicyclic) bond motifs is 2. The number of aryl methyl sites for hydroxylation is 2. The number of methoxy groups -OCH3 is 1. The Morgan fingerprint density at radius 3 is 2.68 bits per heavy atom. The summed E-state index contributed by atoms with van der Waals surface area (Å²) in [5.74, 6) is 1.48. The van der Waals surface area contributed by atoms with Crippen molar-refractivity contribution >= 4 is 23.0 Å². The van der Waals surface area contributed by atoms with Crippen molar-refractivity contribution in [3.05, 3.63) is 35.5 Å². The quantitative estimate of drug-likeness (QED) is 0.362. The molecule has 1 aromatic carbocycles. The predicted octanol–water partition coefficient (Wildman–Crippen LogP) is 5.82. The summed E-state index contributed by atoms with van der Waals surface area (Å²) >= 11 is 0. The van der Waals surface area contributed by atoms with E-state index in [2.05, 4.69) is 27.9 Å². The molecule has 202 valence electrons. The molecule has 3 heterocycles. The molecule has 2 aromatic heterocycles. The number of hydrogen-bond donors (Lipinski definition) is 0. The molecule has 9 heteroatoms. The predicted molar refractivity (Wildman–Crippen MR) is 141 cm³/mol. The van der Waals surface area contributed by atoms with Crippen molar-refractivity contribution in [2.24, 2.45) is 5.92 Å². The number of imidazole rings is 1. The van der Waals surface area contributed by atoms with Crippen molar-refractivity contribution in [1.29, 1.82) is 0 Å². The van der Waals surface area contributed by atoms with Gasteiger partial charge in [0.25, 0.3) is 0 Å². The van der Waals surface area contributed by atoms with Gasteiger partial charge in [0, 0.05) is 31.1 Å². The van der Waals surface area contributed by atoms with Crippen molar-refractivity contribution < 1.29 is 23.6 Å². The summed E-state index contributed by atoms with van der Waals surface area (Å²) in [4.78, 5) is 32.9. The molecule has 2 atom stereocenters. The van der Waals surface area contributed by atoms with Gasteiger partial charge >= 0.3 is 6.09 Å². The molecule has 3 aliphatic rings. The van der Waals surface area contributed by atoms with Gasteiger partial charge in [-0.15, -0.1) is 0 Å². The van der Waals surface area contributed by atoms with Crippen LogP contribution < -0.4 is 0 Å². The average Bonchev–Trinajstić information content (AvgIpc) is 3.17. The zero-order valence-corrected chi connectivity index (χ0v) is 22.7. The standard InChI is InChI=1S/C29H36N4O5/c1-5-6-13-37-28(35)33-25(34)15-20-16-29(20,33)27-30-23-14-19(26-17(2)31-38-18(26)3)7-12-24(23)32(27)21-8-10-22(36-4)11-9-21/h7,12,14,20-22H,5-6,8-11,13,15-16H2,1-4H3/t20-,21?,22?,29+/m1/s1. The number of benzene rings is 1. The minimum absolute atomic E-state index is 0.0710. The first-order chi connectivity index (χ1) is 18.4. The number of imide groups is 1. The molecule has 0 bridgehead atoms. The van der Waals surface area contributed by atoms with Crippen molar-refractivity contribution in [3.8, 4) is 11.1 Å². The molecule has 2 aliphatic carbocycles. The molecular weight excluding hydrogens is 484 g/mol. The maximum atomic E-state index is 13.2. The number of likely N-dealkylation sites (tertiary alicyclic amines) is 1. The van der Waals surface area contributed by atoms with Gasteiger partial charge in [0.05, 0.1) is 29.4 Å². The van der Waals surface area contributed by atoms with Gasteiger partial charge in [-0.3, -0.25) is 4.79 Å². The van der Waals surface area contributed by atoms with E-state index in [-0.39, 0.29) is 24.0 Å². The second-order valence-electron chi connectivity index (χ2n) is 11.1. The third-order valence-corrected chi connectivity index (χ3v) is 8.79. The average molecular weight is 521 g/mol. The summed E-state index contributed by atoms with van der Waals surface area (Å²) in [6.07, 6.45) is 6.35. The lowest BCUT2D eigenvalue weighted by Crippen LogP contribution is -2.43. The molecule has 0 spiro atoms. The van der Waals surface area contributed by atoms with Crippen molar-refractivity contribution in [1.82, 2.24) is 19.6 Å². The van der Waals surface area contributed by atoms with Crippen LogP contribution in [0, 0.1) is 19.8 Å². The molecule has 0 unspecified atom stereocenters. The van der Waals surface area contributed by atoms with E-state index in [4.69, 9.17) is 19.0 Å². The van der Waals surface area contributed by atoms with Gasteiger partial charge in [0.1, 0.15) is 17.1 Å². The highest BCUT2D eigenvalue weighted by molar-refractivity contribution is 5.97. The Kier molecular flexibility index (Phi) is 6.29. The van der Waals surface area contributed by atoms with Crippen LogP contribution in [0.2, 0.25) is 0 Å². The molecule has 1 saturated heterocycles. The highest BCUT2D eigenvalue weighted by Gasteiger charge is 2.71. The van der Waals surface area contributed by atoms with E-state index in [9.17, 15) is 9.59 Å². The molecule has 6 rings (SSSR count). The molecular formula is C29H36N4O5. The molecule has 0 N–H and O–H groups in total. The largest absolute Gasteiger partial charge is 0.449 e. The van der Waals surface area contributed by atoms with Crippen LogP contribution in [0.4, 0.5) is 4.79 Å². The van der Waals surface area contributed by atoms with Crippen molar-refractivity contribution in [2.45, 2.75) is 89.8 Å². The second kappa shape index (κ2) is 9.52. The maximum absolute atomic E-state index is 13.2. The first kappa shape index (κ1) is 25.1. The number of carbonyl (C=O) groups excluding carboxylic acids is 2. The fourth-order valence-corrected chi connectivity index (χ4v) is 6.73. The number of hydrogen-bond acceptors (Lipinski definition) is 7. The molecule has 3 aromatic rings. The molecule has 2 saturated carbocycles. The van der Waals surface area contributed by atoms with Gasteiger partial charge in [-0.05, 0) is 70.1 Å². The third kappa shape index (κ3) is 3.85. The van der Waals surface area contributed by atoms with Crippen LogP contribution in [-0.2, 0) is 19.8 Å². The van der Waals surface area contributed by atoms with E-state index in [1.807, 2.05) is 20.8 Å². The van der Waals surface area contributed by atoms with Crippen LogP contribution in [0.5, 0.6) is 0 Å². The number of amides is 2. The minimum Gasteiger partial charge on any atom is -0.449 e. The SMILES string of the molecule is CCCCOC(=O)N1C(=O)C[C@@H]2C[C@@]21c1nc2cc(-c3c(C)noc3C)ccc2n1C1CCC(OC)CC1. The summed E-state index contributed by atoms with van der Waals surface area (Å²) < 4.78 is 18.9. The van der Waals surface area contributed by atoms with Gasteiger partial charge in [0.15, 0.2) is 0 Å². The minimum atomic E-state index is -0.735. The van der Waals surface area contributed by atoms with Crippen LogP contribution >= 0.6 is 0 Å². The number of piperidine rings is 1. The molecule has 38 heavy (non-hydrogen) atoms. The second-order valence-corrected chi connectivity index (χ2v) is 11.1. The maximum Gasteiger partial charge on any atom is 0.417 e. The molecule has 9 nitrogen and oxygen atoms in total. The van der Waals surface area contributed by atoms with E-state index in [1.54, 1.807) is 7.11 Å². The van der Waals surface area contributed by atoms with Gasteiger partial charge in [-0.25, -0.2) is 14.7 Å². The Balaban J connectivity index is 1.46. The van der Waals surface area contributed by atoms with Crippen LogP contribution in [0.1, 0.15) is 81.6 Å². The Morgan fingerprint density at radius 2 is 2.00 bits per heavy atom. The van der Waals surface area contributed by atoms with Gasteiger partial charge < -0.3 is 18.6 Å². The van der Waals surface area contributed by atoms with Crippen LogP contribution in [0.3, 0.4) is 0 Å².